The number of amides is 2. The zero-order valence-corrected chi connectivity index (χ0v) is 14.8. The summed E-state index contributed by atoms with van der Waals surface area (Å²) in [5.74, 6) is -2.95. The van der Waals surface area contributed by atoms with E-state index in [9.17, 15) is 18.4 Å². The summed E-state index contributed by atoms with van der Waals surface area (Å²) >= 11 is 0. The number of likely N-dealkylation sites (tertiary alicyclic amines) is 1. The standard InChI is InChI=1S/C18H24F2N2O3/c1-17(2,3)25-16(24)21-12-13-5-4-6-14(11-13)15(23)22-9-7-18(19,20)8-10-22/h4-6,11H,7-10,12H2,1-3H3,(H,21,24). The fourth-order valence-corrected chi connectivity index (χ4v) is 2.52. The van der Waals surface area contributed by atoms with Gasteiger partial charge in [0.25, 0.3) is 11.8 Å². The molecule has 1 N–H and O–H groups in total. The molecule has 138 valence electrons. The molecule has 0 unspecified atom stereocenters. The first-order valence-electron chi connectivity index (χ1n) is 8.29. The monoisotopic (exact) mass is 354 g/mol. The summed E-state index contributed by atoms with van der Waals surface area (Å²) in [4.78, 5) is 25.6. The van der Waals surface area contributed by atoms with E-state index in [1.807, 2.05) is 0 Å². The molecule has 2 rings (SSSR count). The zero-order chi connectivity index (χ0) is 18.7. The van der Waals surface area contributed by atoms with Crippen LogP contribution in [-0.2, 0) is 11.3 Å². The van der Waals surface area contributed by atoms with Crippen LogP contribution >= 0.6 is 0 Å². The fourth-order valence-electron chi connectivity index (χ4n) is 2.52. The minimum atomic E-state index is -2.68. The highest BCUT2D eigenvalue weighted by Crippen LogP contribution is 2.28. The van der Waals surface area contributed by atoms with Gasteiger partial charge in [0.05, 0.1) is 0 Å². The predicted octanol–water partition coefficient (Wildman–Crippen LogP) is 3.58. The molecule has 5 nitrogen and oxygen atoms in total. The number of hydrogen-bond acceptors (Lipinski definition) is 3. The van der Waals surface area contributed by atoms with Crippen LogP contribution in [0, 0.1) is 0 Å². The van der Waals surface area contributed by atoms with Crippen LogP contribution in [0.25, 0.3) is 0 Å². The second kappa shape index (κ2) is 7.37. The summed E-state index contributed by atoms with van der Waals surface area (Å²) in [5, 5.41) is 2.63. The third-order valence-electron chi connectivity index (χ3n) is 3.79. The van der Waals surface area contributed by atoms with Crippen LogP contribution in [0.15, 0.2) is 24.3 Å². The number of piperidine rings is 1. The van der Waals surface area contributed by atoms with Gasteiger partial charge in [-0.15, -0.1) is 0 Å². The average molecular weight is 354 g/mol. The molecule has 0 bridgehead atoms. The number of nitrogens with zero attached hydrogens (tertiary/aromatic N) is 1. The molecule has 7 heteroatoms. The molecule has 1 aromatic rings. The number of benzene rings is 1. The normalized spacial score (nSPS) is 17.1. The van der Waals surface area contributed by atoms with E-state index in [1.54, 1.807) is 45.0 Å². The Bertz CT molecular complexity index is 631. The van der Waals surface area contributed by atoms with Crippen molar-refractivity contribution in [2.24, 2.45) is 0 Å². The Balaban J connectivity index is 1.94. The van der Waals surface area contributed by atoms with Crippen molar-refractivity contribution in [3.05, 3.63) is 35.4 Å². The summed E-state index contributed by atoms with van der Waals surface area (Å²) in [5.41, 5.74) is 0.575. The molecule has 1 saturated heterocycles. The number of carbonyl (C=O) groups is 2. The number of nitrogens with one attached hydrogen (secondary N) is 1. The molecule has 25 heavy (non-hydrogen) atoms. The quantitative estimate of drug-likeness (QED) is 0.903. The van der Waals surface area contributed by atoms with Gasteiger partial charge in [-0.05, 0) is 38.5 Å². The highest BCUT2D eigenvalue weighted by molar-refractivity contribution is 5.94. The molecular weight excluding hydrogens is 330 g/mol. The number of hydrogen-bond donors (Lipinski definition) is 1. The van der Waals surface area contributed by atoms with E-state index in [2.05, 4.69) is 5.32 Å². The lowest BCUT2D eigenvalue weighted by molar-refractivity contribution is -0.0494. The van der Waals surface area contributed by atoms with Gasteiger partial charge in [0.15, 0.2) is 0 Å². The van der Waals surface area contributed by atoms with Crippen molar-refractivity contribution in [3.63, 3.8) is 0 Å². The lowest BCUT2D eigenvalue weighted by Crippen LogP contribution is -2.42. The van der Waals surface area contributed by atoms with Crippen LogP contribution in [0.5, 0.6) is 0 Å². The number of alkyl carbamates (subject to hydrolysis) is 1. The molecule has 1 aromatic carbocycles. The van der Waals surface area contributed by atoms with E-state index >= 15 is 0 Å². The van der Waals surface area contributed by atoms with E-state index in [4.69, 9.17) is 4.74 Å². The first-order valence-corrected chi connectivity index (χ1v) is 8.29. The number of alkyl halides is 2. The first kappa shape index (κ1) is 19.1. The first-order chi connectivity index (χ1) is 11.6. The third kappa shape index (κ3) is 5.99. The number of rotatable bonds is 3. The summed E-state index contributed by atoms with van der Waals surface area (Å²) < 4.78 is 31.6. The van der Waals surface area contributed by atoms with Gasteiger partial charge in [-0.3, -0.25) is 4.79 Å². The minimum absolute atomic E-state index is 0.0478. The van der Waals surface area contributed by atoms with Crippen molar-refractivity contribution in [2.45, 2.75) is 51.7 Å². The molecule has 0 saturated carbocycles. The van der Waals surface area contributed by atoms with E-state index in [0.29, 0.717) is 5.56 Å². The Morgan fingerprint density at radius 1 is 1.24 bits per heavy atom. The predicted molar refractivity (Wildman–Crippen MR) is 89.6 cm³/mol. The molecular formula is C18H24F2N2O3. The summed E-state index contributed by atoms with van der Waals surface area (Å²) in [7, 11) is 0. The van der Waals surface area contributed by atoms with Gasteiger partial charge in [-0.1, -0.05) is 12.1 Å². The Hall–Kier alpha value is -2.18. The molecule has 1 heterocycles. The van der Waals surface area contributed by atoms with Crippen LogP contribution < -0.4 is 5.32 Å². The van der Waals surface area contributed by atoms with Crippen LogP contribution in [0.1, 0.15) is 49.5 Å². The van der Waals surface area contributed by atoms with Crippen LogP contribution in [0.4, 0.5) is 13.6 Å². The van der Waals surface area contributed by atoms with Crippen LogP contribution in [0.3, 0.4) is 0 Å². The van der Waals surface area contributed by atoms with Gasteiger partial charge in [-0.2, -0.15) is 0 Å². The van der Waals surface area contributed by atoms with E-state index < -0.39 is 17.6 Å². The van der Waals surface area contributed by atoms with Crippen molar-refractivity contribution in [1.29, 1.82) is 0 Å². The molecule has 1 aliphatic rings. The fraction of sp³-hybridized carbons (Fsp3) is 0.556. The molecule has 0 aromatic heterocycles. The lowest BCUT2D eigenvalue weighted by Gasteiger charge is -2.31. The molecule has 0 aliphatic carbocycles. The van der Waals surface area contributed by atoms with Crippen molar-refractivity contribution in [1.82, 2.24) is 10.2 Å². The SMILES string of the molecule is CC(C)(C)OC(=O)NCc1cccc(C(=O)N2CCC(F)(F)CC2)c1. The van der Waals surface area contributed by atoms with Gasteiger partial charge in [0, 0.05) is 38.0 Å². The Morgan fingerprint density at radius 2 is 1.88 bits per heavy atom. The van der Waals surface area contributed by atoms with Gasteiger partial charge >= 0.3 is 6.09 Å². The van der Waals surface area contributed by atoms with Crippen molar-refractivity contribution >= 4 is 12.0 Å². The molecule has 0 radical (unpaired) electrons. The molecule has 2 amide bonds. The number of carbonyl (C=O) groups excluding carboxylic acids is 2. The van der Waals surface area contributed by atoms with Crippen molar-refractivity contribution in [2.75, 3.05) is 13.1 Å². The van der Waals surface area contributed by atoms with Crippen LogP contribution in [-0.4, -0.2) is 41.5 Å². The number of halogens is 2. The second-order valence-electron chi connectivity index (χ2n) is 7.20. The lowest BCUT2D eigenvalue weighted by atomic mass is 10.0. The van der Waals surface area contributed by atoms with Crippen LogP contribution in [0.2, 0.25) is 0 Å². The highest BCUT2D eigenvalue weighted by atomic mass is 19.3. The Kier molecular flexibility index (Phi) is 5.65. The summed E-state index contributed by atoms with van der Waals surface area (Å²) in [6, 6.07) is 6.79. The van der Waals surface area contributed by atoms with E-state index in [-0.39, 0.29) is 38.4 Å². The molecule has 0 spiro atoms. The Labute approximate surface area is 146 Å². The van der Waals surface area contributed by atoms with Crippen molar-refractivity contribution in [3.8, 4) is 0 Å². The topological polar surface area (TPSA) is 58.6 Å². The zero-order valence-electron chi connectivity index (χ0n) is 14.8. The highest BCUT2D eigenvalue weighted by Gasteiger charge is 2.35. The largest absolute Gasteiger partial charge is 0.444 e. The molecule has 0 atom stereocenters. The second-order valence-corrected chi connectivity index (χ2v) is 7.20. The number of ether oxygens (including phenoxy) is 1. The van der Waals surface area contributed by atoms with Gasteiger partial charge < -0.3 is 15.0 Å². The van der Waals surface area contributed by atoms with Gasteiger partial charge in [0.2, 0.25) is 0 Å². The smallest absolute Gasteiger partial charge is 0.407 e. The average Bonchev–Trinajstić information content (AvgIpc) is 2.51. The molecule has 1 aliphatic heterocycles. The third-order valence-corrected chi connectivity index (χ3v) is 3.79. The van der Waals surface area contributed by atoms with Gasteiger partial charge in [-0.25, -0.2) is 13.6 Å². The van der Waals surface area contributed by atoms with Gasteiger partial charge in [0.1, 0.15) is 5.60 Å². The maximum atomic E-state index is 13.2. The maximum Gasteiger partial charge on any atom is 0.407 e. The summed E-state index contributed by atoms with van der Waals surface area (Å²) in [6.07, 6.45) is -1.15. The van der Waals surface area contributed by atoms with Crippen molar-refractivity contribution < 1.29 is 23.1 Å². The Morgan fingerprint density at radius 3 is 2.48 bits per heavy atom. The summed E-state index contributed by atoms with van der Waals surface area (Å²) in [6.45, 7) is 5.63. The molecule has 1 fully saturated rings. The maximum absolute atomic E-state index is 13.2. The van der Waals surface area contributed by atoms with E-state index in [1.165, 1.54) is 4.90 Å². The minimum Gasteiger partial charge on any atom is -0.444 e. The van der Waals surface area contributed by atoms with E-state index in [0.717, 1.165) is 5.56 Å².